The zero-order valence-electron chi connectivity index (χ0n) is 17.6. The number of aliphatic hydroxyl groups excluding tert-OH is 2. The molecule has 1 aliphatic carbocycles. The molecule has 0 unspecified atom stereocenters. The molecule has 0 bridgehead atoms. The van der Waals surface area contributed by atoms with Crippen molar-refractivity contribution < 1.29 is 30.0 Å². The summed E-state index contributed by atoms with van der Waals surface area (Å²) in [5.41, 5.74) is 0.424. The minimum atomic E-state index is -0.530. The third kappa shape index (κ3) is 4.68. The number of nitrogens with one attached hydrogen (secondary N) is 4. The third-order valence-corrected chi connectivity index (χ3v) is 5.10. The number of carbonyl (C=O) groups is 2. The van der Waals surface area contributed by atoms with Crippen molar-refractivity contribution in [2.45, 2.75) is 0 Å². The number of carbonyl (C=O) groups excluding carboxylic acids is 2. The van der Waals surface area contributed by atoms with Crippen LogP contribution in [0.2, 0.25) is 0 Å². The molecule has 0 saturated carbocycles. The Labute approximate surface area is 185 Å². The van der Waals surface area contributed by atoms with Gasteiger partial charge in [0.15, 0.2) is 23.1 Å². The van der Waals surface area contributed by atoms with Gasteiger partial charge in [0, 0.05) is 50.4 Å². The molecule has 3 rings (SSSR count). The van der Waals surface area contributed by atoms with Crippen LogP contribution < -0.4 is 21.3 Å². The topological polar surface area (TPSA) is 163 Å². The van der Waals surface area contributed by atoms with E-state index < -0.39 is 23.1 Å². The maximum Gasteiger partial charge on any atom is 0.196 e. The fourth-order valence-corrected chi connectivity index (χ4v) is 3.63. The Morgan fingerprint density at radius 1 is 0.625 bits per heavy atom. The van der Waals surface area contributed by atoms with E-state index in [1.54, 1.807) is 24.3 Å². The number of anilines is 2. The van der Waals surface area contributed by atoms with E-state index in [1.165, 1.54) is 0 Å². The van der Waals surface area contributed by atoms with Crippen LogP contribution in [0, 0.1) is 0 Å². The molecule has 0 aliphatic heterocycles. The standard InChI is InChI=1S/C22H28N4O6/c27-11-9-23-5-7-25-17-15-16(20(30)14-4-2-1-3-13(14)19(15)29)18(22(32)21(17)31)26-8-6-24-10-12-28/h1-4,23-28,31-32H,5-12H2. The molecule has 10 nitrogen and oxygen atoms in total. The van der Waals surface area contributed by atoms with Gasteiger partial charge in [0.1, 0.15) is 0 Å². The molecule has 172 valence electrons. The third-order valence-electron chi connectivity index (χ3n) is 5.10. The van der Waals surface area contributed by atoms with Gasteiger partial charge in [-0.3, -0.25) is 9.59 Å². The second-order valence-corrected chi connectivity index (χ2v) is 7.20. The van der Waals surface area contributed by atoms with Crippen LogP contribution in [-0.4, -0.2) is 84.5 Å². The molecular formula is C22H28N4O6. The van der Waals surface area contributed by atoms with Gasteiger partial charge in [-0.25, -0.2) is 0 Å². The van der Waals surface area contributed by atoms with E-state index in [1.807, 2.05) is 0 Å². The zero-order valence-corrected chi connectivity index (χ0v) is 17.6. The number of hydrogen-bond donors (Lipinski definition) is 8. The molecular weight excluding hydrogens is 416 g/mol. The summed E-state index contributed by atoms with van der Waals surface area (Å²) >= 11 is 0. The van der Waals surface area contributed by atoms with Crippen LogP contribution in [-0.2, 0) is 0 Å². The highest BCUT2D eigenvalue weighted by atomic mass is 16.3. The first kappa shape index (κ1) is 23.5. The van der Waals surface area contributed by atoms with E-state index in [-0.39, 0.29) is 59.9 Å². The SMILES string of the molecule is O=C1c2ccccc2C(=O)c2c(NCCNCCO)c(O)c(O)c(NCCNCCO)c21. The molecule has 2 aromatic carbocycles. The second-order valence-electron chi connectivity index (χ2n) is 7.20. The largest absolute Gasteiger partial charge is 0.503 e. The summed E-state index contributed by atoms with van der Waals surface area (Å²) in [6, 6.07) is 6.43. The molecule has 0 aromatic heterocycles. The van der Waals surface area contributed by atoms with E-state index in [9.17, 15) is 19.8 Å². The van der Waals surface area contributed by atoms with Crippen molar-refractivity contribution in [2.75, 3.05) is 63.1 Å². The summed E-state index contributed by atoms with van der Waals surface area (Å²) in [7, 11) is 0. The maximum absolute atomic E-state index is 13.3. The monoisotopic (exact) mass is 444 g/mol. The van der Waals surface area contributed by atoms with Gasteiger partial charge in [-0.2, -0.15) is 0 Å². The Morgan fingerprint density at radius 3 is 1.41 bits per heavy atom. The summed E-state index contributed by atoms with van der Waals surface area (Å²) in [5.74, 6) is -1.93. The van der Waals surface area contributed by atoms with Crippen LogP contribution in [0.3, 0.4) is 0 Å². The number of aromatic hydroxyl groups is 2. The average molecular weight is 444 g/mol. The Morgan fingerprint density at radius 2 is 1.03 bits per heavy atom. The van der Waals surface area contributed by atoms with Crippen LogP contribution in [0.1, 0.15) is 31.8 Å². The van der Waals surface area contributed by atoms with Crippen molar-refractivity contribution >= 4 is 22.9 Å². The summed E-state index contributed by atoms with van der Waals surface area (Å²) in [5, 5.41) is 50.9. The van der Waals surface area contributed by atoms with E-state index in [0.29, 0.717) is 26.2 Å². The van der Waals surface area contributed by atoms with Gasteiger partial charge in [-0.1, -0.05) is 24.3 Å². The Bertz CT molecular complexity index is 917. The van der Waals surface area contributed by atoms with Crippen molar-refractivity contribution in [2.24, 2.45) is 0 Å². The van der Waals surface area contributed by atoms with E-state index in [4.69, 9.17) is 10.2 Å². The lowest BCUT2D eigenvalue weighted by Crippen LogP contribution is -2.29. The summed E-state index contributed by atoms with van der Waals surface area (Å²) in [4.78, 5) is 26.7. The molecule has 8 N–H and O–H groups in total. The summed E-state index contributed by atoms with van der Waals surface area (Å²) in [6.45, 7) is 2.11. The van der Waals surface area contributed by atoms with Crippen LogP contribution in [0.4, 0.5) is 11.4 Å². The van der Waals surface area contributed by atoms with Crippen LogP contribution in [0.25, 0.3) is 0 Å². The minimum Gasteiger partial charge on any atom is -0.503 e. The quantitative estimate of drug-likeness (QED) is 0.139. The van der Waals surface area contributed by atoms with Crippen molar-refractivity contribution in [1.29, 1.82) is 0 Å². The van der Waals surface area contributed by atoms with Crippen LogP contribution in [0.15, 0.2) is 24.3 Å². The van der Waals surface area contributed by atoms with Crippen LogP contribution >= 0.6 is 0 Å². The fraction of sp³-hybridized carbons (Fsp3) is 0.364. The number of phenols is 2. The molecule has 2 aromatic rings. The average Bonchev–Trinajstić information content (AvgIpc) is 2.80. The maximum atomic E-state index is 13.3. The van der Waals surface area contributed by atoms with Gasteiger partial charge >= 0.3 is 0 Å². The molecule has 1 aliphatic rings. The number of benzene rings is 2. The van der Waals surface area contributed by atoms with Gasteiger partial charge in [0.05, 0.1) is 35.7 Å². The minimum absolute atomic E-state index is 0.00280. The molecule has 0 heterocycles. The number of fused-ring (bicyclic) bond motifs is 2. The molecule has 0 fully saturated rings. The van der Waals surface area contributed by atoms with Gasteiger partial charge in [0.25, 0.3) is 0 Å². The van der Waals surface area contributed by atoms with Crippen molar-refractivity contribution in [1.82, 2.24) is 10.6 Å². The lowest BCUT2D eigenvalue weighted by molar-refractivity contribution is 0.0979. The highest BCUT2D eigenvalue weighted by Crippen LogP contribution is 2.48. The molecule has 32 heavy (non-hydrogen) atoms. The van der Waals surface area contributed by atoms with Crippen molar-refractivity contribution in [3.05, 3.63) is 46.5 Å². The predicted molar refractivity (Wildman–Crippen MR) is 120 cm³/mol. The van der Waals surface area contributed by atoms with Crippen molar-refractivity contribution in [3.63, 3.8) is 0 Å². The van der Waals surface area contributed by atoms with Gasteiger partial charge in [0.2, 0.25) is 0 Å². The molecule has 0 radical (unpaired) electrons. The zero-order chi connectivity index (χ0) is 23.1. The Kier molecular flexibility index (Phi) is 8.01. The predicted octanol–water partition coefficient (Wildman–Crippen LogP) is -0.139. The highest BCUT2D eigenvalue weighted by molar-refractivity contribution is 6.32. The smallest absolute Gasteiger partial charge is 0.196 e. The molecule has 10 heteroatoms. The molecule has 0 atom stereocenters. The Hall–Kier alpha value is -3.18. The first-order chi connectivity index (χ1) is 15.5. The molecule has 0 spiro atoms. The highest BCUT2D eigenvalue weighted by Gasteiger charge is 2.37. The number of ketones is 2. The fourth-order valence-electron chi connectivity index (χ4n) is 3.63. The van der Waals surface area contributed by atoms with Gasteiger partial charge < -0.3 is 41.7 Å². The van der Waals surface area contributed by atoms with E-state index in [0.717, 1.165) is 0 Å². The second kappa shape index (κ2) is 10.9. The first-order valence-corrected chi connectivity index (χ1v) is 10.4. The number of hydrogen-bond acceptors (Lipinski definition) is 10. The van der Waals surface area contributed by atoms with Gasteiger partial charge in [-0.05, 0) is 0 Å². The van der Waals surface area contributed by atoms with Gasteiger partial charge in [-0.15, -0.1) is 0 Å². The first-order valence-electron chi connectivity index (χ1n) is 10.4. The van der Waals surface area contributed by atoms with Crippen LogP contribution in [0.5, 0.6) is 11.5 Å². The lowest BCUT2D eigenvalue weighted by atomic mass is 9.81. The van der Waals surface area contributed by atoms with E-state index in [2.05, 4.69) is 21.3 Å². The molecule has 0 saturated heterocycles. The normalized spacial score (nSPS) is 12.4. The number of phenolic OH excluding ortho intramolecular Hbond substituents is 2. The lowest BCUT2D eigenvalue weighted by Gasteiger charge is -2.25. The summed E-state index contributed by atoms with van der Waals surface area (Å²) < 4.78 is 0. The number of rotatable bonds is 12. The molecule has 0 amide bonds. The Balaban J connectivity index is 2.02. The van der Waals surface area contributed by atoms with E-state index >= 15 is 0 Å². The number of aliphatic hydroxyl groups is 2. The van der Waals surface area contributed by atoms with Crippen molar-refractivity contribution in [3.8, 4) is 11.5 Å². The summed E-state index contributed by atoms with van der Waals surface area (Å²) in [6.07, 6.45) is 0.